The van der Waals surface area contributed by atoms with Gasteiger partial charge in [0.2, 0.25) is 0 Å². The van der Waals surface area contributed by atoms with Crippen molar-refractivity contribution in [3.05, 3.63) is 212 Å². The average molecular weight is 846 g/mol. The third-order valence-corrected chi connectivity index (χ3v) is 13.7. The largest absolute Gasteiger partial charge is 0.456 e. The second kappa shape index (κ2) is 13.3. The molecule has 0 aliphatic carbocycles. The van der Waals surface area contributed by atoms with Gasteiger partial charge in [0.15, 0.2) is 0 Å². The van der Waals surface area contributed by atoms with E-state index < -0.39 is 0 Å². The summed E-state index contributed by atoms with van der Waals surface area (Å²) in [5.41, 5.74) is 15.0. The highest BCUT2D eigenvalue weighted by molar-refractivity contribution is 6.29. The Morgan fingerprint density at radius 2 is 0.697 bits per heavy atom. The lowest BCUT2D eigenvalue weighted by atomic mass is 10.0. The minimum Gasteiger partial charge on any atom is -0.456 e. The normalized spacial score (nSPS) is 12.2. The molecule has 0 spiro atoms. The van der Waals surface area contributed by atoms with E-state index in [0.717, 1.165) is 138 Å². The number of benzene rings is 10. The zero-order valence-electron chi connectivity index (χ0n) is 35.3. The summed E-state index contributed by atoms with van der Waals surface area (Å²) in [4.78, 5) is 2.31. The molecule has 0 aliphatic rings. The molecular formula is C60H35N3O3. The smallest absolute Gasteiger partial charge is 0.137 e. The second-order valence-electron chi connectivity index (χ2n) is 17.2. The molecule has 5 heterocycles. The van der Waals surface area contributed by atoms with E-state index in [2.05, 4.69) is 202 Å². The number of nitrogens with zero attached hydrogens (tertiary/aromatic N) is 3. The van der Waals surface area contributed by atoms with E-state index in [4.69, 9.17) is 13.3 Å². The van der Waals surface area contributed by atoms with Crippen LogP contribution in [0.5, 0.6) is 0 Å². The van der Waals surface area contributed by atoms with Gasteiger partial charge in [-0.25, -0.2) is 0 Å². The van der Waals surface area contributed by atoms with Crippen LogP contribution in [0.25, 0.3) is 121 Å². The van der Waals surface area contributed by atoms with E-state index >= 15 is 0 Å². The Morgan fingerprint density at radius 3 is 1.27 bits per heavy atom. The van der Waals surface area contributed by atoms with E-state index in [1.165, 1.54) is 0 Å². The molecule has 10 aromatic carbocycles. The molecule has 6 nitrogen and oxygen atoms in total. The van der Waals surface area contributed by atoms with Crippen LogP contribution in [0.3, 0.4) is 0 Å². The molecule has 0 saturated carbocycles. The zero-order chi connectivity index (χ0) is 43.0. The van der Waals surface area contributed by atoms with Crippen molar-refractivity contribution >= 4 is 126 Å². The maximum Gasteiger partial charge on any atom is 0.137 e. The molecule has 15 rings (SSSR count). The van der Waals surface area contributed by atoms with E-state index in [1.54, 1.807) is 0 Å². The van der Waals surface area contributed by atoms with Gasteiger partial charge in [0, 0.05) is 71.5 Å². The first-order valence-corrected chi connectivity index (χ1v) is 22.3. The maximum absolute atomic E-state index is 6.58. The molecule has 0 atom stereocenters. The third kappa shape index (κ3) is 4.90. The summed E-state index contributed by atoms with van der Waals surface area (Å²) in [6.07, 6.45) is 0. The molecule has 0 unspecified atom stereocenters. The van der Waals surface area contributed by atoms with E-state index in [9.17, 15) is 0 Å². The first kappa shape index (κ1) is 35.5. The van der Waals surface area contributed by atoms with Gasteiger partial charge in [0.1, 0.15) is 33.5 Å². The molecule has 15 aromatic rings. The van der Waals surface area contributed by atoms with Gasteiger partial charge in [-0.05, 0) is 121 Å². The molecule has 0 fully saturated rings. The van der Waals surface area contributed by atoms with Crippen molar-refractivity contribution in [2.24, 2.45) is 0 Å². The summed E-state index contributed by atoms with van der Waals surface area (Å²) in [6.45, 7) is 0. The van der Waals surface area contributed by atoms with Crippen molar-refractivity contribution in [2.45, 2.75) is 0 Å². The highest BCUT2D eigenvalue weighted by Crippen LogP contribution is 2.47. The Bertz CT molecular complexity index is 4410. The quantitative estimate of drug-likeness (QED) is 0.173. The summed E-state index contributed by atoms with van der Waals surface area (Å²) in [5.74, 6) is 0. The number of anilines is 3. The molecule has 6 heteroatoms. The van der Waals surface area contributed by atoms with Gasteiger partial charge in [-0.3, -0.25) is 0 Å². The zero-order valence-corrected chi connectivity index (χ0v) is 35.3. The van der Waals surface area contributed by atoms with Crippen molar-refractivity contribution in [1.29, 1.82) is 0 Å². The van der Waals surface area contributed by atoms with E-state index in [1.807, 2.05) is 24.3 Å². The van der Waals surface area contributed by atoms with Crippen LogP contribution in [0.4, 0.5) is 17.1 Å². The van der Waals surface area contributed by atoms with Gasteiger partial charge in [-0.15, -0.1) is 0 Å². The Balaban J connectivity index is 1.07. The van der Waals surface area contributed by atoms with Crippen LogP contribution in [0, 0.1) is 0 Å². The lowest BCUT2D eigenvalue weighted by Crippen LogP contribution is -2.09. The first-order chi connectivity index (χ1) is 32.7. The number of aromatic nitrogens is 2. The summed E-state index contributed by atoms with van der Waals surface area (Å²) >= 11 is 0. The molecule has 0 bridgehead atoms. The van der Waals surface area contributed by atoms with Crippen molar-refractivity contribution < 1.29 is 13.3 Å². The number of hydrogen-bond donors (Lipinski definition) is 0. The lowest BCUT2D eigenvalue weighted by molar-refractivity contribution is 0.668. The predicted octanol–water partition coefficient (Wildman–Crippen LogP) is 17.0. The van der Waals surface area contributed by atoms with Crippen LogP contribution in [-0.4, -0.2) is 9.13 Å². The SMILES string of the molecule is c1ccc(N(c2ccccc2)c2ccc(-n3c4cc5c(cc4c4ccc6oc7ccccc7c6c43)c3ccc4oc6ccccc6c4c3n5-c3ccc4oc5ccccc5c4c3)cc2)cc1. The molecule has 0 saturated heterocycles. The standard InChI is InChI=1S/C60H35N3O3/c1-3-13-36(14-4-1)61(37-15-5-2-6-16-37)38-23-25-39(26-24-38)62-49-35-50-47(34-46(49)42-28-31-55-57(59(42)62)44-18-8-11-21-52(44)65-55)43-29-32-56-58(45-19-9-12-22-53(45)66-56)60(43)63(50)40-27-30-54-48(33-40)41-17-7-10-20-51(41)64-54/h1-35H. The summed E-state index contributed by atoms with van der Waals surface area (Å²) in [7, 11) is 0. The van der Waals surface area contributed by atoms with E-state index in [-0.39, 0.29) is 0 Å². The Hall–Kier alpha value is -9.00. The molecule has 308 valence electrons. The maximum atomic E-state index is 6.58. The lowest BCUT2D eigenvalue weighted by Gasteiger charge is -2.25. The van der Waals surface area contributed by atoms with Gasteiger partial charge in [0.25, 0.3) is 0 Å². The first-order valence-electron chi connectivity index (χ1n) is 22.3. The molecular weight excluding hydrogens is 811 g/mol. The van der Waals surface area contributed by atoms with Gasteiger partial charge in [-0.1, -0.05) is 91.0 Å². The second-order valence-corrected chi connectivity index (χ2v) is 17.2. The molecule has 66 heavy (non-hydrogen) atoms. The van der Waals surface area contributed by atoms with E-state index in [0.29, 0.717) is 0 Å². The summed E-state index contributed by atoms with van der Waals surface area (Å²) < 4.78 is 24.4. The van der Waals surface area contributed by atoms with Crippen molar-refractivity contribution in [3.8, 4) is 11.4 Å². The fourth-order valence-corrected chi connectivity index (χ4v) is 10.9. The Labute approximate surface area is 375 Å². The highest BCUT2D eigenvalue weighted by atomic mass is 16.3. The van der Waals surface area contributed by atoms with Crippen LogP contribution in [0.1, 0.15) is 0 Å². The van der Waals surface area contributed by atoms with Gasteiger partial charge < -0.3 is 27.3 Å². The minimum absolute atomic E-state index is 0.858. The average Bonchev–Trinajstić information content (AvgIpc) is 4.18. The Kier molecular flexibility index (Phi) is 7.13. The van der Waals surface area contributed by atoms with Crippen molar-refractivity contribution in [2.75, 3.05) is 4.90 Å². The topological polar surface area (TPSA) is 52.5 Å². The van der Waals surface area contributed by atoms with Crippen molar-refractivity contribution in [3.63, 3.8) is 0 Å². The Morgan fingerprint density at radius 1 is 0.273 bits per heavy atom. The van der Waals surface area contributed by atoms with Crippen LogP contribution in [0.2, 0.25) is 0 Å². The highest BCUT2D eigenvalue weighted by Gasteiger charge is 2.25. The van der Waals surface area contributed by atoms with Crippen LogP contribution in [-0.2, 0) is 0 Å². The van der Waals surface area contributed by atoms with Gasteiger partial charge in [-0.2, -0.15) is 0 Å². The van der Waals surface area contributed by atoms with Crippen LogP contribution in [0.15, 0.2) is 226 Å². The number of furan rings is 3. The molecule has 0 N–H and O–H groups in total. The van der Waals surface area contributed by atoms with Crippen molar-refractivity contribution in [1.82, 2.24) is 9.13 Å². The monoisotopic (exact) mass is 845 g/mol. The number of fused-ring (bicyclic) bond motifs is 17. The molecule has 5 aromatic heterocycles. The fourth-order valence-electron chi connectivity index (χ4n) is 10.9. The third-order valence-electron chi connectivity index (χ3n) is 13.7. The fraction of sp³-hybridized carbons (Fsp3) is 0. The molecule has 0 radical (unpaired) electrons. The predicted molar refractivity (Wildman–Crippen MR) is 272 cm³/mol. The van der Waals surface area contributed by atoms with Gasteiger partial charge >= 0.3 is 0 Å². The molecule has 0 aliphatic heterocycles. The number of hydrogen-bond acceptors (Lipinski definition) is 4. The number of para-hydroxylation sites is 5. The molecule has 0 amide bonds. The number of rotatable bonds is 5. The van der Waals surface area contributed by atoms with Crippen LogP contribution >= 0.6 is 0 Å². The van der Waals surface area contributed by atoms with Crippen LogP contribution < -0.4 is 4.90 Å². The van der Waals surface area contributed by atoms with Gasteiger partial charge in [0.05, 0.1) is 32.8 Å². The summed E-state index contributed by atoms with van der Waals surface area (Å²) in [6, 6.07) is 75.3. The summed E-state index contributed by atoms with van der Waals surface area (Å²) in [5, 5.41) is 11.2. The minimum atomic E-state index is 0.858.